The van der Waals surface area contributed by atoms with Crippen LogP contribution in [0, 0.1) is 11.8 Å². The van der Waals surface area contributed by atoms with E-state index in [1.165, 1.54) is 12.5 Å². The maximum atomic E-state index is 12.4. The molecule has 1 aliphatic carbocycles. The molecule has 0 bridgehead atoms. The SMILES string of the molecule is FC(F)(F)c1ccc(NCC2CC3CC3CN2)nc1. The first-order valence-corrected chi connectivity index (χ1v) is 6.53. The zero-order valence-electron chi connectivity index (χ0n) is 10.4. The van der Waals surface area contributed by atoms with Gasteiger partial charge in [0.1, 0.15) is 5.82 Å². The van der Waals surface area contributed by atoms with Crippen LogP contribution in [0.25, 0.3) is 0 Å². The van der Waals surface area contributed by atoms with Crippen molar-refractivity contribution in [3.8, 4) is 0 Å². The van der Waals surface area contributed by atoms with E-state index in [0.717, 1.165) is 37.1 Å². The molecule has 1 saturated heterocycles. The smallest absolute Gasteiger partial charge is 0.369 e. The molecule has 0 spiro atoms. The van der Waals surface area contributed by atoms with Gasteiger partial charge in [-0.3, -0.25) is 0 Å². The molecule has 1 aromatic heterocycles. The van der Waals surface area contributed by atoms with Gasteiger partial charge in [-0.1, -0.05) is 0 Å². The number of piperidine rings is 1. The van der Waals surface area contributed by atoms with Crippen LogP contribution in [-0.4, -0.2) is 24.1 Å². The van der Waals surface area contributed by atoms with Gasteiger partial charge in [-0.15, -0.1) is 0 Å². The zero-order chi connectivity index (χ0) is 13.5. The summed E-state index contributed by atoms with van der Waals surface area (Å²) in [6.07, 6.45) is -0.981. The molecular weight excluding hydrogens is 255 g/mol. The Balaban J connectivity index is 1.52. The number of fused-ring (bicyclic) bond motifs is 1. The van der Waals surface area contributed by atoms with E-state index in [1.807, 2.05) is 0 Å². The van der Waals surface area contributed by atoms with E-state index >= 15 is 0 Å². The first-order valence-electron chi connectivity index (χ1n) is 6.53. The third-order valence-electron chi connectivity index (χ3n) is 3.95. The van der Waals surface area contributed by atoms with Crippen molar-refractivity contribution in [1.29, 1.82) is 0 Å². The van der Waals surface area contributed by atoms with Crippen LogP contribution in [0.5, 0.6) is 0 Å². The summed E-state index contributed by atoms with van der Waals surface area (Å²) in [4.78, 5) is 3.80. The Kier molecular flexibility index (Phi) is 3.12. The van der Waals surface area contributed by atoms with Crippen molar-refractivity contribution < 1.29 is 13.2 Å². The highest BCUT2D eigenvalue weighted by atomic mass is 19.4. The molecular formula is C13H16F3N3. The number of hydrogen-bond acceptors (Lipinski definition) is 3. The van der Waals surface area contributed by atoms with Gasteiger partial charge in [-0.25, -0.2) is 4.98 Å². The Hall–Kier alpha value is -1.30. The Bertz CT molecular complexity index is 443. The minimum Gasteiger partial charge on any atom is -0.369 e. The Morgan fingerprint density at radius 3 is 2.74 bits per heavy atom. The van der Waals surface area contributed by atoms with E-state index in [0.29, 0.717) is 18.4 Å². The lowest BCUT2D eigenvalue weighted by molar-refractivity contribution is -0.137. The maximum absolute atomic E-state index is 12.4. The van der Waals surface area contributed by atoms with Crippen molar-refractivity contribution in [2.24, 2.45) is 11.8 Å². The van der Waals surface area contributed by atoms with E-state index < -0.39 is 11.7 Å². The van der Waals surface area contributed by atoms with E-state index in [1.54, 1.807) is 0 Å². The molecule has 19 heavy (non-hydrogen) atoms. The minimum atomic E-state index is -4.32. The molecule has 2 fully saturated rings. The highest BCUT2D eigenvalue weighted by Gasteiger charge is 2.41. The molecule has 104 valence electrons. The summed E-state index contributed by atoms with van der Waals surface area (Å²) in [5.41, 5.74) is -0.713. The maximum Gasteiger partial charge on any atom is 0.417 e. The van der Waals surface area contributed by atoms with Crippen LogP contribution in [0.1, 0.15) is 18.4 Å². The number of halogens is 3. The van der Waals surface area contributed by atoms with Gasteiger partial charge in [0.25, 0.3) is 0 Å². The summed E-state index contributed by atoms with van der Waals surface area (Å²) < 4.78 is 37.1. The fourth-order valence-corrected chi connectivity index (χ4v) is 2.67. The van der Waals surface area contributed by atoms with Crippen molar-refractivity contribution in [3.63, 3.8) is 0 Å². The van der Waals surface area contributed by atoms with Gasteiger partial charge in [0.05, 0.1) is 5.56 Å². The van der Waals surface area contributed by atoms with E-state index in [-0.39, 0.29) is 0 Å². The van der Waals surface area contributed by atoms with Crippen LogP contribution in [0.2, 0.25) is 0 Å². The topological polar surface area (TPSA) is 37.0 Å². The predicted octanol–water partition coefficient (Wildman–Crippen LogP) is 2.51. The average molecular weight is 271 g/mol. The third kappa shape index (κ3) is 3.00. The van der Waals surface area contributed by atoms with Gasteiger partial charge in [0.15, 0.2) is 0 Å². The highest BCUT2D eigenvalue weighted by Crippen LogP contribution is 2.44. The van der Waals surface area contributed by atoms with Crippen molar-refractivity contribution >= 4 is 5.82 Å². The largest absolute Gasteiger partial charge is 0.417 e. The quantitative estimate of drug-likeness (QED) is 0.887. The number of rotatable bonds is 3. The molecule has 3 unspecified atom stereocenters. The lowest BCUT2D eigenvalue weighted by atomic mass is 10.1. The molecule has 1 saturated carbocycles. The summed E-state index contributed by atoms with van der Waals surface area (Å²) in [5.74, 6) is 2.21. The predicted molar refractivity (Wildman–Crippen MR) is 65.7 cm³/mol. The van der Waals surface area contributed by atoms with Crippen LogP contribution in [0.3, 0.4) is 0 Å². The molecule has 3 atom stereocenters. The number of alkyl halides is 3. The molecule has 3 nitrogen and oxygen atoms in total. The van der Waals surface area contributed by atoms with Crippen molar-refractivity contribution in [3.05, 3.63) is 23.9 Å². The van der Waals surface area contributed by atoms with Gasteiger partial charge in [0.2, 0.25) is 0 Å². The molecule has 0 aromatic carbocycles. The number of nitrogens with one attached hydrogen (secondary N) is 2. The minimum absolute atomic E-state index is 0.396. The number of hydrogen-bond donors (Lipinski definition) is 2. The zero-order valence-corrected chi connectivity index (χ0v) is 10.4. The summed E-state index contributed by atoms with van der Waals surface area (Å²) in [7, 11) is 0. The number of pyridine rings is 1. The summed E-state index contributed by atoms with van der Waals surface area (Å²) in [6.45, 7) is 1.78. The van der Waals surface area contributed by atoms with Gasteiger partial charge < -0.3 is 10.6 Å². The lowest BCUT2D eigenvalue weighted by Gasteiger charge is -2.23. The lowest BCUT2D eigenvalue weighted by Crippen LogP contribution is -2.40. The van der Waals surface area contributed by atoms with E-state index in [9.17, 15) is 13.2 Å². The highest BCUT2D eigenvalue weighted by molar-refractivity contribution is 5.36. The Labute approximate surface area is 109 Å². The second kappa shape index (κ2) is 4.67. The molecule has 1 aromatic rings. The van der Waals surface area contributed by atoms with E-state index in [2.05, 4.69) is 15.6 Å². The first-order chi connectivity index (χ1) is 9.02. The van der Waals surface area contributed by atoms with Crippen molar-refractivity contribution in [2.75, 3.05) is 18.4 Å². The van der Waals surface area contributed by atoms with Crippen LogP contribution in [0.15, 0.2) is 18.3 Å². The molecule has 6 heteroatoms. The fraction of sp³-hybridized carbons (Fsp3) is 0.615. The molecule has 3 rings (SSSR count). The van der Waals surface area contributed by atoms with Gasteiger partial charge >= 0.3 is 6.18 Å². The van der Waals surface area contributed by atoms with Gasteiger partial charge in [-0.2, -0.15) is 13.2 Å². The molecule has 2 heterocycles. The fourth-order valence-electron chi connectivity index (χ4n) is 2.67. The van der Waals surface area contributed by atoms with Crippen LogP contribution in [0.4, 0.5) is 19.0 Å². The molecule has 0 amide bonds. The standard InChI is InChI=1S/C13H16F3N3/c14-13(15,16)10-1-2-12(18-6-10)19-7-11-4-8-3-9(8)5-17-11/h1-2,6,8-9,11,17H,3-5,7H2,(H,18,19). The first kappa shape index (κ1) is 12.7. The Morgan fingerprint density at radius 1 is 1.26 bits per heavy atom. The van der Waals surface area contributed by atoms with Crippen molar-refractivity contribution in [2.45, 2.75) is 25.1 Å². The van der Waals surface area contributed by atoms with Crippen molar-refractivity contribution in [1.82, 2.24) is 10.3 Å². The molecule has 1 aliphatic heterocycles. The number of anilines is 1. The summed E-state index contributed by atoms with van der Waals surface area (Å²) in [5, 5.41) is 6.54. The molecule has 0 radical (unpaired) electrons. The summed E-state index contributed by atoms with van der Waals surface area (Å²) >= 11 is 0. The number of nitrogens with zero attached hydrogens (tertiary/aromatic N) is 1. The van der Waals surface area contributed by atoms with Gasteiger partial charge in [-0.05, 0) is 43.4 Å². The average Bonchev–Trinajstić information content (AvgIpc) is 3.14. The van der Waals surface area contributed by atoms with Crippen LogP contribution < -0.4 is 10.6 Å². The van der Waals surface area contributed by atoms with Gasteiger partial charge in [0, 0.05) is 18.8 Å². The second-order valence-electron chi connectivity index (χ2n) is 5.41. The normalized spacial score (nSPS) is 29.7. The van der Waals surface area contributed by atoms with Crippen LogP contribution in [-0.2, 0) is 6.18 Å². The molecule has 2 N–H and O–H groups in total. The Morgan fingerprint density at radius 2 is 2.11 bits per heavy atom. The summed E-state index contributed by atoms with van der Waals surface area (Å²) in [6, 6.07) is 2.83. The monoisotopic (exact) mass is 271 g/mol. The second-order valence-corrected chi connectivity index (χ2v) is 5.41. The number of aromatic nitrogens is 1. The van der Waals surface area contributed by atoms with E-state index in [4.69, 9.17) is 0 Å². The third-order valence-corrected chi connectivity index (χ3v) is 3.95. The molecule has 2 aliphatic rings. The van der Waals surface area contributed by atoms with Crippen LogP contribution >= 0.6 is 0 Å².